The number of aryl methyl sites for hydroxylation is 2. The molecule has 2 aliphatic rings. The van der Waals surface area contributed by atoms with Gasteiger partial charge in [0, 0.05) is 73.6 Å². The molecule has 0 amide bonds. The number of piperidine rings is 1. The molecule has 4 rings (SSSR count). The second-order valence-corrected chi connectivity index (χ2v) is 12.2. The number of hydrogen-bond donors (Lipinski definition) is 3. The standard InChI is InChI=1S/C31H42ClN5O2/c1-19(33)26(30(32)34-6)18-36-12-9-22-15-23(7-8-24(22)17-36)28-21(3)35-20(2)25(16-27(38)39)29(28)37-13-10-31(4,5)11-14-37/h7-8,15,33-34H,9-14,16-18H2,1-6H3,(H,38,39)/b30-26-,33-19?. The molecule has 1 fully saturated rings. The number of nitrogens with zero attached hydrogens (tertiary/aromatic N) is 3. The third kappa shape index (κ3) is 6.47. The summed E-state index contributed by atoms with van der Waals surface area (Å²) in [5, 5.41) is 21.4. The Labute approximate surface area is 237 Å². The lowest BCUT2D eigenvalue weighted by atomic mass is 9.82. The minimum atomic E-state index is -0.828. The van der Waals surface area contributed by atoms with Crippen molar-refractivity contribution in [1.82, 2.24) is 15.2 Å². The average Bonchev–Trinajstić information content (AvgIpc) is 2.87. The molecule has 3 heterocycles. The van der Waals surface area contributed by atoms with Crippen molar-refractivity contribution in [3.05, 3.63) is 57.0 Å². The van der Waals surface area contributed by atoms with Gasteiger partial charge in [-0.05, 0) is 62.1 Å². The van der Waals surface area contributed by atoms with Crippen molar-refractivity contribution in [1.29, 1.82) is 5.41 Å². The van der Waals surface area contributed by atoms with Crippen LogP contribution in [-0.2, 0) is 24.2 Å². The van der Waals surface area contributed by atoms with Gasteiger partial charge in [0.15, 0.2) is 0 Å². The number of carboxylic acid groups (broad SMARTS) is 1. The fourth-order valence-corrected chi connectivity index (χ4v) is 6.09. The first-order chi connectivity index (χ1) is 18.4. The summed E-state index contributed by atoms with van der Waals surface area (Å²) in [4.78, 5) is 21.5. The Morgan fingerprint density at radius 3 is 2.46 bits per heavy atom. The highest BCUT2D eigenvalue weighted by atomic mass is 35.5. The first-order valence-corrected chi connectivity index (χ1v) is 14.2. The van der Waals surface area contributed by atoms with Gasteiger partial charge >= 0.3 is 5.97 Å². The van der Waals surface area contributed by atoms with Crippen LogP contribution in [0.5, 0.6) is 0 Å². The van der Waals surface area contributed by atoms with Gasteiger partial charge in [0.1, 0.15) is 5.16 Å². The predicted molar refractivity (Wildman–Crippen MR) is 160 cm³/mol. The summed E-state index contributed by atoms with van der Waals surface area (Å²) in [5.74, 6) is -0.828. The molecule has 2 aromatic rings. The number of carboxylic acids is 1. The number of aromatic nitrogens is 1. The molecule has 1 aromatic carbocycles. The zero-order valence-electron chi connectivity index (χ0n) is 24.2. The summed E-state index contributed by atoms with van der Waals surface area (Å²) in [6, 6.07) is 6.66. The number of pyridine rings is 1. The Kier molecular flexibility index (Phi) is 8.72. The maximum Gasteiger partial charge on any atom is 0.307 e. The van der Waals surface area contributed by atoms with E-state index >= 15 is 0 Å². The van der Waals surface area contributed by atoms with Crippen molar-refractivity contribution >= 4 is 29.0 Å². The topological polar surface area (TPSA) is 92.6 Å². The first kappa shape index (κ1) is 29.1. The fourth-order valence-electron chi connectivity index (χ4n) is 5.89. The lowest BCUT2D eigenvalue weighted by molar-refractivity contribution is -0.136. The van der Waals surface area contributed by atoms with Crippen molar-refractivity contribution < 1.29 is 9.90 Å². The average molecular weight is 552 g/mol. The van der Waals surface area contributed by atoms with Crippen molar-refractivity contribution in [2.75, 3.05) is 38.1 Å². The lowest BCUT2D eigenvalue weighted by Gasteiger charge is -2.40. The molecule has 1 saturated heterocycles. The van der Waals surface area contributed by atoms with E-state index in [1.54, 1.807) is 14.0 Å². The molecular formula is C31H42ClN5O2. The van der Waals surface area contributed by atoms with E-state index in [2.05, 4.69) is 47.2 Å². The number of rotatable bonds is 8. The molecule has 0 aliphatic carbocycles. The monoisotopic (exact) mass is 551 g/mol. The molecule has 7 nitrogen and oxygen atoms in total. The number of carbonyl (C=O) groups is 1. The van der Waals surface area contributed by atoms with Gasteiger partial charge in [-0.15, -0.1) is 0 Å². The molecule has 3 N–H and O–H groups in total. The van der Waals surface area contributed by atoms with Crippen LogP contribution in [0.25, 0.3) is 11.1 Å². The zero-order valence-corrected chi connectivity index (χ0v) is 24.9. The summed E-state index contributed by atoms with van der Waals surface area (Å²) < 4.78 is 0. The van der Waals surface area contributed by atoms with Gasteiger partial charge in [-0.1, -0.05) is 43.6 Å². The maximum absolute atomic E-state index is 11.9. The number of benzene rings is 1. The number of nitrogens with one attached hydrogen (secondary N) is 2. The molecule has 0 atom stereocenters. The molecular weight excluding hydrogens is 510 g/mol. The molecule has 0 saturated carbocycles. The third-order valence-electron chi connectivity index (χ3n) is 8.32. The number of anilines is 1. The van der Waals surface area contributed by atoms with Crippen LogP contribution < -0.4 is 10.2 Å². The van der Waals surface area contributed by atoms with Gasteiger partial charge in [0.25, 0.3) is 0 Å². The van der Waals surface area contributed by atoms with Crippen molar-refractivity contribution in [2.24, 2.45) is 5.41 Å². The van der Waals surface area contributed by atoms with Gasteiger partial charge < -0.3 is 20.7 Å². The van der Waals surface area contributed by atoms with E-state index in [-0.39, 0.29) is 6.42 Å². The molecule has 1 aromatic heterocycles. The maximum atomic E-state index is 11.9. The number of halogens is 1. The molecule has 210 valence electrons. The first-order valence-electron chi connectivity index (χ1n) is 13.8. The van der Waals surface area contributed by atoms with E-state index in [0.29, 0.717) is 22.8 Å². The molecule has 39 heavy (non-hydrogen) atoms. The third-order valence-corrected chi connectivity index (χ3v) is 8.74. The van der Waals surface area contributed by atoms with Crippen LogP contribution >= 0.6 is 11.6 Å². The summed E-state index contributed by atoms with van der Waals surface area (Å²) in [7, 11) is 1.78. The molecule has 0 spiro atoms. The zero-order chi connectivity index (χ0) is 28.5. The SMILES string of the molecule is CN/C(Cl)=C(/CN1CCc2cc(-c3c(C)nc(C)c(CC(=O)O)c3N3CCC(C)(C)CC3)ccc2C1)C(C)=N. The van der Waals surface area contributed by atoms with Crippen molar-refractivity contribution in [2.45, 2.75) is 66.8 Å². The Balaban J connectivity index is 1.72. The second kappa shape index (κ2) is 11.7. The highest BCUT2D eigenvalue weighted by Crippen LogP contribution is 2.42. The minimum absolute atomic E-state index is 0.0291. The summed E-state index contributed by atoms with van der Waals surface area (Å²) in [6.45, 7) is 14.5. The quantitative estimate of drug-likeness (QED) is 0.288. The molecule has 0 unspecified atom stereocenters. The highest BCUT2D eigenvalue weighted by Gasteiger charge is 2.30. The summed E-state index contributed by atoms with van der Waals surface area (Å²) >= 11 is 6.35. The van der Waals surface area contributed by atoms with Gasteiger partial charge in [0.05, 0.1) is 12.1 Å². The Bertz CT molecular complexity index is 1310. The largest absolute Gasteiger partial charge is 0.481 e. The van der Waals surface area contributed by atoms with Crippen molar-refractivity contribution in [3.8, 4) is 11.1 Å². The summed E-state index contributed by atoms with van der Waals surface area (Å²) in [5.41, 5.74) is 9.96. The molecule has 2 aliphatic heterocycles. The highest BCUT2D eigenvalue weighted by molar-refractivity contribution is 6.31. The smallest absolute Gasteiger partial charge is 0.307 e. The molecule has 0 bridgehead atoms. The van der Waals surface area contributed by atoms with E-state index in [4.69, 9.17) is 22.0 Å². The van der Waals surface area contributed by atoms with Crippen LogP contribution in [0.2, 0.25) is 0 Å². The minimum Gasteiger partial charge on any atom is -0.481 e. The fraction of sp³-hybridized carbons (Fsp3) is 0.516. The van der Waals surface area contributed by atoms with Crippen LogP contribution in [0.15, 0.2) is 28.9 Å². The van der Waals surface area contributed by atoms with E-state index in [1.165, 1.54) is 11.1 Å². The van der Waals surface area contributed by atoms with Gasteiger partial charge in [0.2, 0.25) is 0 Å². The van der Waals surface area contributed by atoms with E-state index in [1.807, 2.05) is 13.8 Å². The number of hydrogen-bond acceptors (Lipinski definition) is 6. The van der Waals surface area contributed by atoms with Crippen LogP contribution in [0.1, 0.15) is 61.7 Å². The lowest BCUT2D eigenvalue weighted by Crippen LogP contribution is -2.38. The Morgan fingerprint density at radius 2 is 1.85 bits per heavy atom. The van der Waals surface area contributed by atoms with E-state index in [0.717, 1.165) is 84.8 Å². The Morgan fingerprint density at radius 1 is 1.15 bits per heavy atom. The van der Waals surface area contributed by atoms with Crippen LogP contribution in [0.4, 0.5) is 5.69 Å². The van der Waals surface area contributed by atoms with Crippen LogP contribution in [-0.4, -0.2) is 59.9 Å². The van der Waals surface area contributed by atoms with Crippen LogP contribution in [0, 0.1) is 24.7 Å². The number of fused-ring (bicyclic) bond motifs is 1. The van der Waals surface area contributed by atoms with Gasteiger partial charge in [-0.25, -0.2) is 0 Å². The number of aliphatic carboxylic acids is 1. The Hall–Kier alpha value is -2.90. The molecule has 8 heteroatoms. The molecule has 0 radical (unpaired) electrons. The predicted octanol–water partition coefficient (Wildman–Crippen LogP) is 5.69. The van der Waals surface area contributed by atoms with Crippen molar-refractivity contribution in [3.63, 3.8) is 0 Å². The normalized spacial score (nSPS) is 17.9. The van der Waals surface area contributed by atoms with E-state index < -0.39 is 5.97 Å². The second-order valence-electron chi connectivity index (χ2n) is 11.8. The van der Waals surface area contributed by atoms with Gasteiger partial charge in [-0.3, -0.25) is 14.7 Å². The van der Waals surface area contributed by atoms with Gasteiger partial charge in [-0.2, -0.15) is 0 Å². The van der Waals surface area contributed by atoms with E-state index in [9.17, 15) is 9.90 Å². The summed E-state index contributed by atoms with van der Waals surface area (Å²) in [6.07, 6.45) is 3.02. The van der Waals surface area contributed by atoms with Crippen LogP contribution in [0.3, 0.4) is 0 Å².